The molecule has 0 spiro atoms. The van der Waals surface area contributed by atoms with E-state index < -0.39 is 11.6 Å². The molecule has 1 aromatic carbocycles. The van der Waals surface area contributed by atoms with E-state index in [0.717, 1.165) is 12.8 Å². The van der Waals surface area contributed by atoms with Crippen molar-refractivity contribution in [1.29, 1.82) is 0 Å². The molecule has 1 aromatic rings. The molecule has 0 saturated heterocycles. The van der Waals surface area contributed by atoms with Crippen LogP contribution in [0.4, 0.5) is 8.78 Å². The lowest BCUT2D eigenvalue weighted by molar-refractivity contribution is 0.265. The van der Waals surface area contributed by atoms with Gasteiger partial charge in [0.25, 0.3) is 0 Å². The predicted octanol–water partition coefficient (Wildman–Crippen LogP) is 3.68. The van der Waals surface area contributed by atoms with Crippen LogP contribution in [0.2, 0.25) is 0 Å². The minimum absolute atomic E-state index is 0.0707. The molecule has 0 amide bonds. The van der Waals surface area contributed by atoms with Gasteiger partial charge < -0.3 is 0 Å². The van der Waals surface area contributed by atoms with Gasteiger partial charge in [-0.05, 0) is 53.2 Å². The van der Waals surface area contributed by atoms with Crippen LogP contribution in [0.25, 0.3) is 0 Å². The molecule has 1 aliphatic rings. The summed E-state index contributed by atoms with van der Waals surface area (Å²) in [7, 11) is 0. The van der Waals surface area contributed by atoms with Gasteiger partial charge in [0.05, 0.1) is 4.47 Å². The van der Waals surface area contributed by atoms with Crippen LogP contribution in [0.1, 0.15) is 37.7 Å². The highest BCUT2D eigenvalue weighted by Crippen LogP contribution is 2.30. The minimum atomic E-state index is -0.518. The number of benzene rings is 1. The Hall–Kier alpha value is -0.520. The van der Waals surface area contributed by atoms with E-state index in [-0.39, 0.29) is 18.0 Å². The molecule has 3 N–H and O–H groups in total. The molecule has 1 atom stereocenters. The second-order valence-electron chi connectivity index (χ2n) is 5.20. The van der Waals surface area contributed by atoms with E-state index in [1.165, 1.54) is 31.4 Å². The Bertz CT molecular complexity index is 434. The molecule has 0 heterocycles. The maximum atomic E-state index is 14.0. The molecule has 106 valence electrons. The van der Waals surface area contributed by atoms with Gasteiger partial charge in [-0.15, -0.1) is 0 Å². The Labute approximate surface area is 120 Å². The van der Waals surface area contributed by atoms with Crippen LogP contribution in [0.5, 0.6) is 0 Å². The highest BCUT2D eigenvalue weighted by atomic mass is 79.9. The maximum absolute atomic E-state index is 14.0. The van der Waals surface area contributed by atoms with Gasteiger partial charge in [-0.1, -0.05) is 19.3 Å². The summed E-state index contributed by atoms with van der Waals surface area (Å²) in [5, 5.41) is 0. The molecule has 1 aliphatic carbocycles. The van der Waals surface area contributed by atoms with E-state index in [9.17, 15) is 8.78 Å². The quantitative estimate of drug-likeness (QED) is 0.501. The van der Waals surface area contributed by atoms with Crippen LogP contribution in [0, 0.1) is 17.6 Å². The Balaban J connectivity index is 2.15. The predicted molar refractivity (Wildman–Crippen MR) is 75.4 cm³/mol. The van der Waals surface area contributed by atoms with Crippen LogP contribution >= 0.6 is 15.9 Å². The zero-order chi connectivity index (χ0) is 13.8. The van der Waals surface area contributed by atoms with E-state index in [2.05, 4.69) is 21.4 Å². The molecule has 1 saturated carbocycles. The molecule has 1 fully saturated rings. The lowest BCUT2D eigenvalue weighted by Gasteiger charge is -2.30. The number of halogens is 3. The van der Waals surface area contributed by atoms with E-state index in [4.69, 9.17) is 5.84 Å². The minimum Gasteiger partial charge on any atom is -0.271 e. The lowest BCUT2D eigenvalue weighted by Crippen LogP contribution is -2.43. The number of nitrogens with one attached hydrogen (secondary N) is 1. The molecule has 1 unspecified atom stereocenters. The molecule has 0 aromatic heterocycles. The third-order valence-corrected chi connectivity index (χ3v) is 4.61. The Morgan fingerprint density at radius 3 is 2.58 bits per heavy atom. The number of hydrazine groups is 1. The van der Waals surface area contributed by atoms with Gasteiger partial charge in [0.2, 0.25) is 0 Å². The third-order valence-electron chi connectivity index (χ3n) is 4.00. The van der Waals surface area contributed by atoms with Gasteiger partial charge >= 0.3 is 0 Å². The Morgan fingerprint density at radius 2 is 1.95 bits per heavy atom. The molecule has 0 radical (unpaired) electrons. The van der Waals surface area contributed by atoms with E-state index >= 15 is 0 Å². The first-order valence-electron chi connectivity index (χ1n) is 6.72. The summed E-state index contributed by atoms with van der Waals surface area (Å²) in [5.41, 5.74) is 2.86. The molecule has 19 heavy (non-hydrogen) atoms. The zero-order valence-corrected chi connectivity index (χ0v) is 12.3. The molecule has 0 bridgehead atoms. The van der Waals surface area contributed by atoms with Crippen LogP contribution in [-0.4, -0.2) is 6.04 Å². The van der Waals surface area contributed by atoms with Crippen LogP contribution in [-0.2, 0) is 6.42 Å². The van der Waals surface area contributed by atoms with Gasteiger partial charge in [0, 0.05) is 11.6 Å². The van der Waals surface area contributed by atoms with Crippen LogP contribution in [0.3, 0.4) is 0 Å². The van der Waals surface area contributed by atoms with Crippen LogP contribution in [0.15, 0.2) is 16.6 Å². The van der Waals surface area contributed by atoms with Gasteiger partial charge in [0.15, 0.2) is 0 Å². The van der Waals surface area contributed by atoms with Crippen molar-refractivity contribution in [1.82, 2.24) is 5.43 Å². The molecule has 2 rings (SSSR count). The second kappa shape index (κ2) is 6.77. The van der Waals surface area contributed by atoms with Crippen molar-refractivity contribution in [3.63, 3.8) is 0 Å². The Kier molecular flexibility index (Phi) is 5.30. The summed E-state index contributed by atoms with van der Waals surface area (Å²) in [6.45, 7) is 0. The number of hydrogen-bond acceptors (Lipinski definition) is 2. The van der Waals surface area contributed by atoms with Gasteiger partial charge in [-0.3, -0.25) is 11.3 Å². The average Bonchev–Trinajstić information content (AvgIpc) is 2.44. The number of nitrogens with two attached hydrogens (primary N) is 1. The highest BCUT2D eigenvalue weighted by Gasteiger charge is 2.25. The maximum Gasteiger partial charge on any atom is 0.143 e. The zero-order valence-electron chi connectivity index (χ0n) is 10.8. The molecule has 2 nitrogen and oxygen atoms in total. The summed E-state index contributed by atoms with van der Waals surface area (Å²) >= 11 is 3.09. The molecule has 0 aliphatic heterocycles. The summed E-state index contributed by atoms with van der Waals surface area (Å²) in [4.78, 5) is 0. The normalized spacial score (nSPS) is 18.5. The van der Waals surface area contributed by atoms with Gasteiger partial charge in [-0.25, -0.2) is 8.78 Å². The van der Waals surface area contributed by atoms with Crippen molar-refractivity contribution in [2.45, 2.75) is 44.6 Å². The number of rotatable bonds is 4. The van der Waals surface area contributed by atoms with E-state index in [1.54, 1.807) is 0 Å². The topological polar surface area (TPSA) is 38.0 Å². The van der Waals surface area contributed by atoms with Crippen molar-refractivity contribution in [2.24, 2.45) is 11.8 Å². The van der Waals surface area contributed by atoms with Crippen molar-refractivity contribution < 1.29 is 8.78 Å². The SMILES string of the molecule is NNC(Cc1c(F)ccc(Br)c1F)C1CCCCC1. The third kappa shape index (κ3) is 3.52. The molecular formula is C14H19BrF2N2. The smallest absolute Gasteiger partial charge is 0.143 e. The van der Waals surface area contributed by atoms with Crippen LogP contribution < -0.4 is 11.3 Å². The average molecular weight is 333 g/mol. The van der Waals surface area contributed by atoms with Crippen molar-refractivity contribution in [2.75, 3.05) is 0 Å². The first-order valence-corrected chi connectivity index (χ1v) is 7.51. The summed E-state index contributed by atoms with van der Waals surface area (Å²) in [6.07, 6.45) is 6.03. The van der Waals surface area contributed by atoms with E-state index in [0.29, 0.717) is 10.4 Å². The van der Waals surface area contributed by atoms with E-state index in [1.807, 2.05) is 0 Å². The summed E-state index contributed by atoms with van der Waals surface area (Å²) < 4.78 is 28.0. The largest absolute Gasteiger partial charge is 0.271 e. The van der Waals surface area contributed by atoms with Crippen molar-refractivity contribution in [3.8, 4) is 0 Å². The monoisotopic (exact) mass is 332 g/mol. The standard InChI is InChI=1S/C14H19BrF2N2/c15-11-6-7-12(16)10(14(11)17)8-13(19-18)9-4-2-1-3-5-9/h6-7,9,13,19H,1-5,8,18H2. The second-order valence-corrected chi connectivity index (χ2v) is 6.05. The molecular weight excluding hydrogens is 314 g/mol. The fraction of sp³-hybridized carbons (Fsp3) is 0.571. The number of hydrogen-bond donors (Lipinski definition) is 2. The lowest BCUT2D eigenvalue weighted by atomic mass is 9.82. The Morgan fingerprint density at radius 1 is 1.26 bits per heavy atom. The first-order chi connectivity index (χ1) is 9.13. The van der Waals surface area contributed by atoms with Gasteiger partial charge in [0.1, 0.15) is 11.6 Å². The fourth-order valence-corrected chi connectivity index (χ4v) is 3.25. The first kappa shape index (κ1) is 14.9. The summed E-state index contributed by atoms with van der Waals surface area (Å²) in [5.74, 6) is 4.96. The van der Waals surface area contributed by atoms with Crippen molar-refractivity contribution >= 4 is 15.9 Å². The molecule has 5 heteroatoms. The fourth-order valence-electron chi connectivity index (χ4n) is 2.87. The van der Waals surface area contributed by atoms with Gasteiger partial charge in [-0.2, -0.15) is 0 Å². The van der Waals surface area contributed by atoms with Crippen molar-refractivity contribution in [3.05, 3.63) is 33.8 Å². The summed E-state index contributed by atoms with van der Waals surface area (Å²) in [6, 6.07) is 2.61. The highest BCUT2D eigenvalue weighted by molar-refractivity contribution is 9.10.